The minimum atomic E-state index is -5.96. The number of alkyl halides is 4. The van der Waals surface area contributed by atoms with Gasteiger partial charge in [0.25, 0.3) is 0 Å². The molecule has 10 aliphatic carbocycles. The first-order valence-electron chi connectivity index (χ1n) is 42.7. The molecule has 24 heteroatoms. The summed E-state index contributed by atoms with van der Waals surface area (Å²) in [6, 6.07) is 63.2. The van der Waals surface area contributed by atoms with E-state index in [0.29, 0.717) is 30.3 Å². The third-order valence-electron chi connectivity index (χ3n) is 25.4. The van der Waals surface area contributed by atoms with E-state index in [-0.39, 0.29) is 52.6 Å². The van der Waals surface area contributed by atoms with Gasteiger partial charge in [0.1, 0.15) is 19.7 Å². The fourth-order valence-electron chi connectivity index (χ4n) is 20.8. The van der Waals surface area contributed by atoms with Gasteiger partial charge in [-0.2, -0.15) is 17.6 Å². The van der Waals surface area contributed by atoms with Gasteiger partial charge in [-0.3, -0.25) is 14.6 Å². The number of nitrogens with zero attached hydrogens (tertiary/aromatic N) is 6. The van der Waals surface area contributed by atoms with Crippen molar-refractivity contribution < 1.29 is 101 Å². The summed E-state index contributed by atoms with van der Waals surface area (Å²) in [5.74, 6) is -1.09. The van der Waals surface area contributed by atoms with Crippen LogP contribution in [0, 0.1) is 35.5 Å². The molecule has 1 aromatic heterocycles. The van der Waals surface area contributed by atoms with Crippen molar-refractivity contribution in [1.29, 1.82) is 0 Å². The monoisotopic (exact) mass is 1810 g/mol. The molecule has 0 spiro atoms. The lowest BCUT2D eigenvalue weighted by Gasteiger charge is -2.63. The van der Waals surface area contributed by atoms with E-state index in [2.05, 4.69) is 209 Å². The van der Waals surface area contributed by atoms with Crippen LogP contribution in [0.2, 0.25) is 0 Å². The van der Waals surface area contributed by atoms with E-state index in [0.717, 1.165) is 110 Å². The van der Waals surface area contributed by atoms with Gasteiger partial charge < -0.3 is 61.9 Å². The van der Waals surface area contributed by atoms with Crippen LogP contribution in [0.5, 0.6) is 0 Å². The fourth-order valence-corrected chi connectivity index (χ4v) is 21.1. The minimum Gasteiger partial charge on any atom is -1.00 e. The number of esters is 1. The molecule has 4 saturated carbocycles. The zero-order valence-electron chi connectivity index (χ0n) is 72.3. The quantitative estimate of drug-likeness (QED) is 0.0203. The van der Waals surface area contributed by atoms with Gasteiger partial charge in [0, 0.05) is 65.0 Å². The number of carboxylic acid groups (broad SMARTS) is 1. The third kappa shape index (κ3) is 22.8. The van der Waals surface area contributed by atoms with E-state index in [9.17, 15) is 58.2 Å². The molecule has 10 aliphatic rings. The van der Waals surface area contributed by atoms with Crippen molar-refractivity contribution in [3.63, 3.8) is 0 Å². The zero-order chi connectivity index (χ0) is 86.8. The smallest absolute Gasteiger partial charge is 0.367 e. The molecule has 2 atom stereocenters. The van der Waals surface area contributed by atoms with Gasteiger partial charge in [-0.1, -0.05) is 235 Å². The molecule has 120 heavy (non-hydrogen) atoms. The Balaban J connectivity index is 0.000000194. The molecule has 1 heterocycles. The predicted molar refractivity (Wildman–Crippen MR) is 461 cm³/mol. The third-order valence-corrected chi connectivity index (χ3v) is 27.1. The number of hydrogen-bond acceptors (Lipinski definition) is 14. The number of ether oxygens (including phenoxy) is 1. The van der Waals surface area contributed by atoms with Crippen LogP contribution in [0.1, 0.15) is 225 Å². The van der Waals surface area contributed by atoms with Gasteiger partial charge in [0.15, 0.2) is 26.8 Å². The highest BCUT2D eigenvalue weighted by atomic mass is 127. The van der Waals surface area contributed by atoms with Crippen LogP contribution >= 0.6 is 0 Å². The normalized spacial score (nSPS) is 22.6. The van der Waals surface area contributed by atoms with Crippen LogP contribution in [0.3, 0.4) is 0 Å². The number of aromatic nitrogens is 1. The fraction of sp³-hybridized carbons (Fsp3) is 0.542. The molecule has 4 fully saturated rings. The molecule has 17 rings (SSSR count). The number of aliphatic imine (C=N–C) groups is 2. The molecular formula is C96H128F4IN6O11S2-. The number of aliphatic carboxylic acids is 1. The average molecular weight is 1810 g/mol. The molecule has 0 radical (unpaired) electrons. The Morgan fingerprint density at radius 3 is 1.04 bits per heavy atom. The number of carbonyl (C=O) groups is 2. The first-order chi connectivity index (χ1) is 56.2. The summed E-state index contributed by atoms with van der Waals surface area (Å²) < 4.78 is 120. The molecule has 656 valence electrons. The Morgan fingerprint density at radius 2 is 0.775 bits per heavy atom. The lowest BCUT2D eigenvalue weighted by molar-refractivity contribution is -0.884. The van der Waals surface area contributed by atoms with Crippen LogP contribution in [0.25, 0.3) is 0 Å². The highest BCUT2D eigenvalue weighted by Gasteiger charge is 2.68. The van der Waals surface area contributed by atoms with Crippen molar-refractivity contribution >= 4 is 43.9 Å². The topological polar surface area (TPSA) is 239 Å². The lowest BCUT2D eigenvalue weighted by atomic mass is 9.38. The van der Waals surface area contributed by atoms with Crippen molar-refractivity contribution in [3.05, 3.63) is 238 Å². The van der Waals surface area contributed by atoms with Gasteiger partial charge >= 0.3 is 22.4 Å². The van der Waals surface area contributed by atoms with Crippen LogP contribution in [-0.4, -0.2) is 160 Å². The molecule has 0 amide bonds. The number of carbonyl (C=O) groups excluding carboxylic acids is 1. The Bertz CT molecular complexity index is 4570. The first-order valence-corrected chi connectivity index (χ1v) is 45.5. The number of aliphatic hydroxyl groups excluding tert-OH is 1. The average Bonchev–Trinajstić information content (AvgIpc) is 0.665. The van der Waals surface area contributed by atoms with Crippen LogP contribution in [0.15, 0.2) is 192 Å². The molecule has 4 bridgehead atoms. The van der Waals surface area contributed by atoms with Crippen molar-refractivity contribution in [3.8, 4) is 0 Å². The van der Waals surface area contributed by atoms with E-state index >= 15 is 0 Å². The molecule has 7 aromatic rings. The SMILES string of the molecule is CC(C)N=C=NC(C)C.CN(C)c1ccncc1.C[N+](C)(C)Cc1ccccc1.C[N+](C)(C)Cc1ccccc1.O=C(O)C1CC2(C3CCCCC3)c3ccccc3C1(C1CCCCC1)c1ccccc12.O=C(OCC(F)(F)S(=O)(=O)[O-])C1CC2(C3CCCCC3)c3ccccc3C1(C1CCCCC1)c1ccccc12.O=S(=O)([O-])C(F)(F)CO.[I-]. The summed E-state index contributed by atoms with van der Waals surface area (Å²) in [6.45, 7) is 6.48. The lowest BCUT2D eigenvalue weighted by Crippen LogP contribution is -3.00. The van der Waals surface area contributed by atoms with Crippen LogP contribution in [-0.2, 0) is 69.3 Å². The maximum absolute atomic E-state index is 14.2. The molecule has 6 aromatic carbocycles. The van der Waals surface area contributed by atoms with E-state index in [1.54, 1.807) is 12.4 Å². The van der Waals surface area contributed by atoms with Crippen molar-refractivity contribution in [2.45, 2.75) is 226 Å². The highest BCUT2D eigenvalue weighted by molar-refractivity contribution is 7.87. The molecule has 0 aliphatic heterocycles. The molecule has 2 unspecified atom stereocenters. The number of hydrogen-bond donors (Lipinski definition) is 2. The van der Waals surface area contributed by atoms with Crippen LogP contribution < -0.4 is 28.9 Å². The van der Waals surface area contributed by atoms with Crippen molar-refractivity contribution in [2.75, 3.05) is 74.5 Å². The van der Waals surface area contributed by atoms with E-state index in [4.69, 9.17) is 9.84 Å². The number of aliphatic hydroxyl groups is 1. The van der Waals surface area contributed by atoms with E-state index < -0.39 is 72.6 Å². The molecular weight excluding hydrogens is 1680 g/mol. The first kappa shape index (κ1) is 98.2. The Morgan fingerprint density at radius 1 is 0.483 bits per heavy atom. The Kier molecular flexibility index (Phi) is 34.7. The zero-order valence-corrected chi connectivity index (χ0v) is 76.1. The highest BCUT2D eigenvalue weighted by Crippen LogP contribution is 2.71. The van der Waals surface area contributed by atoms with Gasteiger partial charge in [-0.15, -0.1) is 0 Å². The summed E-state index contributed by atoms with van der Waals surface area (Å²) >= 11 is 0. The second kappa shape index (κ2) is 42.4. The van der Waals surface area contributed by atoms with Crippen molar-refractivity contribution in [2.24, 2.45) is 45.5 Å². The number of carboxylic acids is 1. The maximum atomic E-state index is 14.2. The maximum Gasteiger partial charge on any atom is 0.367 e. The van der Waals surface area contributed by atoms with Gasteiger partial charge in [0.2, 0.25) is 0 Å². The Labute approximate surface area is 729 Å². The summed E-state index contributed by atoms with van der Waals surface area (Å²) in [5.41, 5.74) is 12.6. The number of rotatable bonds is 18. The van der Waals surface area contributed by atoms with Gasteiger partial charge in [-0.25, -0.2) is 26.8 Å². The number of fused-ring (bicyclic) bond motifs is 2. The number of quaternary nitrogens is 2. The van der Waals surface area contributed by atoms with E-state index in [1.165, 1.54) is 108 Å². The summed E-state index contributed by atoms with van der Waals surface area (Å²) in [7, 11) is 5.58. The standard InChI is InChI=1S/C31H36F2O5S.C29H34O2.2C10H16N.C7H10N2.C7H14N2.C2H4F2O4S.HI/c32-30(33,39(35,36)37)20-38-28(34)27-19-29(21-11-3-1-4-12-21)23-15-7-9-17-25(23)31(27,22-13-5-2-6-14-22)26-18-10-8-16-24(26)29;30-27(31)26-19-28(20-11-3-1-4-12-20)22-15-7-9-17-24(22)29(26,21-13-5-2-6-14-21)25-18-10-8-16-23(25)28;2*1-11(2,3)9-10-7-5-4-6-8-10;1-9(2)7-3-5-8-6-4-7;1-6(2)8-5-9-7(3)4;3-2(4,1-5)9(6,7)8;/h7-10,15-18,21-22,27H,1-6,11-14,19-20H2,(H,35,36,37);7-10,15-18,20-21,26H,1-6,11-14,19H2,(H,30,31);2*4-8H,9H2,1-3H3;3-6H,1-2H3;6-7H,1-4H3;5H,1H2,(H,6,7,8);1H/q;;2*+1;;;;/p-3. The predicted octanol–water partition coefficient (Wildman–Crippen LogP) is 16.3. The summed E-state index contributed by atoms with van der Waals surface area (Å²) in [4.78, 5) is 40.9. The molecule has 17 nitrogen and oxygen atoms in total. The number of pyridine rings is 1. The number of benzene rings is 6. The second-order valence-corrected chi connectivity index (χ2v) is 39.5. The molecule has 2 N–H and O–H groups in total. The summed E-state index contributed by atoms with van der Waals surface area (Å²) in [5, 5.41) is 9.10. The Hall–Kier alpha value is -7.26. The second-order valence-electron chi connectivity index (χ2n) is 36.5. The minimum absolute atomic E-state index is 0. The van der Waals surface area contributed by atoms with Gasteiger partial charge in [0.05, 0.1) is 72.2 Å². The van der Waals surface area contributed by atoms with Crippen molar-refractivity contribution in [1.82, 2.24) is 4.98 Å². The van der Waals surface area contributed by atoms with E-state index in [1.807, 2.05) is 71.0 Å². The van der Waals surface area contributed by atoms with Crippen LogP contribution in [0.4, 0.5) is 23.2 Å². The van der Waals surface area contributed by atoms with Gasteiger partial charge in [-0.05, 0) is 172 Å². The number of halogens is 5. The molecule has 0 saturated heterocycles. The summed E-state index contributed by atoms with van der Waals surface area (Å²) in [6.07, 6.45) is 27.6. The largest absolute Gasteiger partial charge is 1.00 e. The number of anilines is 1.